The van der Waals surface area contributed by atoms with Gasteiger partial charge < -0.3 is 10.2 Å². The lowest BCUT2D eigenvalue weighted by molar-refractivity contribution is -0.131. The van der Waals surface area contributed by atoms with E-state index in [1.54, 1.807) is 0 Å². The molecule has 1 saturated heterocycles. The highest BCUT2D eigenvalue weighted by Gasteiger charge is 2.22. The summed E-state index contributed by atoms with van der Waals surface area (Å²) >= 11 is 0. The zero-order valence-electron chi connectivity index (χ0n) is 13.1. The molecule has 1 fully saturated rings. The second-order valence-corrected chi connectivity index (χ2v) is 5.82. The van der Waals surface area contributed by atoms with Crippen LogP contribution in [0.1, 0.15) is 30.4 Å². The van der Waals surface area contributed by atoms with Gasteiger partial charge in [-0.05, 0) is 56.8 Å². The van der Waals surface area contributed by atoms with Gasteiger partial charge in [0.25, 0.3) is 0 Å². The van der Waals surface area contributed by atoms with Crippen molar-refractivity contribution in [3.63, 3.8) is 0 Å². The first kappa shape index (κ1) is 18.0. The summed E-state index contributed by atoms with van der Waals surface area (Å²) in [5.41, 5.74) is 2.37. The Hall–Kier alpha value is -1.06. The maximum atomic E-state index is 12.4. The van der Waals surface area contributed by atoms with E-state index in [0.29, 0.717) is 6.42 Å². The number of hydrogen-bond donors (Lipinski definition) is 1. The second-order valence-electron chi connectivity index (χ2n) is 5.82. The molecule has 0 saturated carbocycles. The van der Waals surface area contributed by atoms with Gasteiger partial charge in [-0.3, -0.25) is 4.79 Å². The van der Waals surface area contributed by atoms with Gasteiger partial charge in [0.15, 0.2) is 0 Å². The number of hydrogen-bond acceptors (Lipinski definition) is 2. The van der Waals surface area contributed by atoms with E-state index in [4.69, 9.17) is 0 Å². The van der Waals surface area contributed by atoms with Crippen LogP contribution in [0.15, 0.2) is 24.3 Å². The second kappa shape index (κ2) is 9.06. The summed E-state index contributed by atoms with van der Waals surface area (Å²) in [4.78, 5) is 14.4. The Bertz CT molecular complexity index is 442. The third kappa shape index (κ3) is 5.33. The summed E-state index contributed by atoms with van der Waals surface area (Å²) in [7, 11) is 2.00. The van der Waals surface area contributed by atoms with Crippen molar-refractivity contribution in [1.82, 2.24) is 10.2 Å². The lowest BCUT2D eigenvalue weighted by Crippen LogP contribution is -2.39. The average Bonchev–Trinajstić information content (AvgIpc) is 2.48. The van der Waals surface area contributed by atoms with Gasteiger partial charge in [-0.25, -0.2) is 0 Å². The maximum absolute atomic E-state index is 12.4. The van der Waals surface area contributed by atoms with Crippen molar-refractivity contribution in [2.45, 2.75) is 32.6 Å². The molecule has 1 heterocycles. The van der Waals surface area contributed by atoms with Crippen LogP contribution in [0.2, 0.25) is 0 Å². The molecule has 1 aromatic rings. The van der Waals surface area contributed by atoms with E-state index in [1.807, 2.05) is 24.1 Å². The minimum Gasteiger partial charge on any atom is -0.342 e. The van der Waals surface area contributed by atoms with Crippen LogP contribution in [-0.2, 0) is 11.2 Å². The summed E-state index contributed by atoms with van der Waals surface area (Å²) in [5, 5.41) is 3.21. The number of piperidine rings is 1. The van der Waals surface area contributed by atoms with Crippen LogP contribution in [0.3, 0.4) is 0 Å². The van der Waals surface area contributed by atoms with Crippen molar-refractivity contribution in [3.8, 4) is 0 Å². The number of nitrogens with zero attached hydrogens (tertiary/aromatic N) is 1. The van der Waals surface area contributed by atoms with E-state index in [1.165, 1.54) is 12.0 Å². The van der Waals surface area contributed by atoms with E-state index in [-0.39, 0.29) is 18.3 Å². The molecule has 1 N–H and O–H groups in total. The molecule has 0 unspecified atom stereocenters. The van der Waals surface area contributed by atoms with Gasteiger partial charge >= 0.3 is 0 Å². The Morgan fingerprint density at radius 1 is 1.29 bits per heavy atom. The number of carbonyl (C=O) groups is 1. The van der Waals surface area contributed by atoms with Gasteiger partial charge in [-0.2, -0.15) is 0 Å². The van der Waals surface area contributed by atoms with Crippen molar-refractivity contribution in [2.75, 3.05) is 26.7 Å². The molecule has 3 nitrogen and oxygen atoms in total. The normalized spacial score (nSPS) is 15.6. The first-order valence-corrected chi connectivity index (χ1v) is 7.67. The monoisotopic (exact) mass is 310 g/mol. The van der Waals surface area contributed by atoms with Crippen molar-refractivity contribution in [2.24, 2.45) is 5.92 Å². The average molecular weight is 311 g/mol. The van der Waals surface area contributed by atoms with Crippen LogP contribution < -0.4 is 5.32 Å². The fourth-order valence-electron chi connectivity index (χ4n) is 2.90. The highest BCUT2D eigenvalue weighted by molar-refractivity contribution is 5.85. The molecule has 0 spiro atoms. The number of likely N-dealkylation sites (tertiary alicyclic amines) is 1. The summed E-state index contributed by atoms with van der Waals surface area (Å²) in [6, 6.07) is 8.18. The Kier molecular flexibility index (Phi) is 7.76. The molecule has 1 aliphatic rings. The molecular weight excluding hydrogens is 284 g/mol. The zero-order valence-corrected chi connectivity index (χ0v) is 13.9. The summed E-state index contributed by atoms with van der Waals surface area (Å²) < 4.78 is 0. The van der Waals surface area contributed by atoms with E-state index in [0.717, 1.165) is 44.0 Å². The van der Waals surface area contributed by atoms with Crippen molar-refractivity contribution >= 4 is 18.3 Å². The van der Waals surface area contributed by atoms with Crippen molar-refractivity contribution in [3.05, 3.63) is 35.4 Å². The topological polar surface area (TPSA) is 32.3 Å². The molecule has 0 atom stereocenters. The lowest BCUT2D eigenvalue weighted by atomic mass is 9.93. The Morgan fingerprint density at radius 2 is 1.95 bits per heavy atom. The molecule has 118 valence electrons. The SMILES string of the molecule is CNCCC1CCN(C(=O)Cc2ccccc2C)CC1.Cl. The van der Waals surface area contributed by atoms with Crippen molar-refractivity contribution in [1.29, 1.82) is 0 Å². The maximum Gasteiger partial charge on any atom is 0.226 e. The van der Waals surface area contributed by atoms with E-state index in [9.17, 15) is 4.79 Å². The first-order valence-electron chi connectivity index (χ1n) is 7.67. The van der Waals surface area contributed by atoms with Gasteiger partial charge in [0.05, 0.1) is 6.42 Å². The van der Waals surface area contributed by atoms with Crippen LogP contribution in [0.4, 0.5) is 0 Å². The van der Waals surface area contributed by atoms with Gasteiger partial charge in [0, 0.05) is 13.1 Å². The van der Waals surface area contributed by atoms with Gasteiger partial charge in [-0.15, -0.1) is 12.4 Å². The Morgan fingerprint density at radius 3 is 2.57 bits per heavy atom. The minimum atomic E-state index is 0. The van der Waals surface area contributed by atoms with Gasteiger partial charge in [0.2, 0.25) is 5.91 Å². The summed E-state index contributed by atoms with van der Waals surface area (Å²) in [6.45, 7) is 5.02. The van der Waals surface area contributed by atoms with E-state index >= 15 is 0 Å². The number of aryl methyl sites for hydroxylation is 1. The van der Waals surface area contributed by atoms with Crippen LogP contribution >= 0.6 is 12.4 Å². The standard InChI is InChI=1S/C17H26N2O.ClH/c1-14-5-3-4-6-16(14)13-17(20)19-11-8-15(9-12-19)7-10-18-2;/h3-6,15,18H,7-13H2,1-2H3;1H. The zero-order chi connectivity index (χ0) is 14.4. The highest BCUT2D eigenvalue weighted by atomic mass is 35.5. The molecule has 0 bridgehead atoms. The quantitative estimate of drug-likeness (QED) is 0.907. The third-order valence-electron chi connectivity index (χ3n) is 4.37. The van der Waals surface area contributed by atoms with Crippen LogP contribution in [0.5, 0.6) is 0 Å². The minimum absolute atomic E-state index is 0. The number of nitrogens with one attached hydrogen (secondary N) is 1. The van der Waals surface area contributed by atoms with Crippen LogP contribution in [0.25, 0.3) is 0 Å². The molecular formula is C17H27ClN2O. The molecule has 4 heteroatoms. The number of carbonyl (C=O) groups excluding carboxylic acids is 1. The van der Waals surface area contributed by atoms with Crippen molar-refractivity contribution < 1.29 is 4.79 Å². The Labute approximate surface area is 134 Å². The predicted octanol–water partition coefficient (Wildman–Crippen LogP) is 2.81. The summed E-state index contributed by atoms with van der Waals surface area (Å²) in [6.07, 6.45) is 4.09. The number of benzene rings is 1. The fraction of sp³-hybridized carbons (Fsp3) is 0.588. The highest BCUT2D eigenvalue weighted by Crippen LogP contribution is 2.21. The largest absolute Gasteiger partial charge is 0.342 e. The fourth-order valence-corrected chi connectivity index (χ4v) is 2.90. The van der Waals surface area contributed by atoms with E-state index in [2.05, 4.69) is 24.4 Å². The molecule has 1 aromatic carbocycles. The number of halogens is 1. The molecule has 1 amide bonds. The number of amides is 1. The third-order valence-corrected chi connectivity index (χ3v) is 4.37. The van der Waals surface area contributed by atoms with E-state index < -0.39 is 0 Å². The molecule has 0 aromatic heterocycles. The Balaban J connectivity index is 0.00000220. The molecule has 21 heavy (non-hydrogen) atoms. The van der Waals surface area contributed by atoms with Crippen LogP contribution in [-0.4, -0.2) is 37.5 Å². The first-order chi connectivity index (χ1) is 9.70. The smallest absolute Gasteiger partial charge is 0.226 e. The van der Waals surface area contributed by atoms with Crippen LogP contribution in [0, 0.1) is 12.8 Å². The summed E-state index contributed by atoms with van der Waals surface area (Å²) in [5.74, 6) is 1.07. The van der Waals surface area contributed by atoms with Gasteiger partial charge in [0.1, 0.15) is 0 Å². The molecule has 2 rings (SSSR count). The molecule has 0 aliphatic carbocycles. The van der Waals surface area contributed by atoms with Gasteiger partial charge in [-0.1, -0.05) is 24.3 Å². The molecule has 1 aliphatic heterocycles. The lowest BCUT2D eigenvalue weighted by Gasteiger charge is -2.32. The molecule has 0 radical (unpaired) electrons. The predicted molar refractivity (Wildman–Crippen MR) is 90.0 cm³/mol. The number of rotatable bonds is 5.